The highest BCUT2D eigenvalue weighted by molar-refractivity contribution is 5.76. The largest absolute Gasteiger partial charge is 0.355 e. The van der Waals surface area contributed by atoms with E-state index in [9.17, 15) is 13.6 Å². The molecular weight excluding hydrogens is 298 g/mol. The molecule has 0 radical (unpaired) electrons. The average Bonchev–Trinajstić information content (AvgIpc) is 2.94. The Balaban J connectivity index is 1.56. The fourth-order valence-corrected chi connectivity index (χ4v) is 3.71. The van der Waals surface area contributed by atoms with E-state index in [2.05, 4.69) is 10.2 Å². The molecule has 1 aliphatic carbocycles. The predicted octanol–water partition coefficient (Wildman–Crippen LogP) is 2.84. The van der Waals surface area contributed by atoms with Crippen molar-refractivity contribution in [3.05, 3.63) is 35.4 Å². The number of likely N-dealkylation sites (tertiary alicyclic amines) is 1. The third kappa shape index (κ3) is 3.55. The molecule has 0 spiro atoms. The van der Waals surface area contributed by atoms with Crippen LogP contribution in [-0.2, 0) is 10.2 Å². The molecule has 1 aromatic rings. The number of nitrogens with zero attached hydrogens (tertiary/aromatic N) is 1. The van der Waals surface area contributed by atoms with Crippen LogP contribution in [0.2, 0.25) is 0 Å². The molecule has 23 heavy (non-hydrogen) atoms. The highest BCUT2D eigenvalue weighted by atomic mass is 19.1. The fourth-order valence-electron chi connectivity index (χ4n) is 3.71. The number of hydrogen-bond donors (Lipinski definition) is 1. The molecule has 1 aromatic carbocycles. The molecule has 2 unspecified atom stereocenters. The van der Waals surface area contributed by atoms with Crippen molar-refractivity contribution < 1.29 is 13.6 Å². The van der Waals surface area contributed by atoms with Crippen LogP contribution in [-0.4, -0.2) is 37.0 Å². The molecule has 1 saturated heterocycles. The van der Waals surface area contributed by atoms with E-state index in [1.54, 1.807) is 0 Å². The maximum atomic E-state index is 14.1. The number of carbonyl (C=O) groups is 1. The maximum Gasteiger partial charge on any atom is 0.221 e. The van der Waals surface area contributed by atoms with Crippen LogP contribution in [0.25, 0.3) is 0 Å². The summed E-state index contributed by atoms with van der Waals surface area (Å²) in [6.07, 6.45) is 3.73. The van der Waals surface area contributed by atoms with E-state index in [0.29, 0.717) is 24.4 Å². The summed E-state index contributed by atoms with van der Waals surface area (Å²) >= 11 is 0. The lowest BCUT2D eigenvalue weighted by Gasteiger charge is -2.20. The van der Waals surface area contributed by atoms with Crippen LogP contribution in [0.5, 0.6) is 0 Å². The second-order valence-electron chi connectivity index (χ2n) is 6.96. The Kier molecular flexibility index (Phi) is 4.67. The second-order valence-corrected chi connectivity index (χ2v) is 6.96. The van der Waals surface area contributed by atoms with Gasteiger partial charge in [0.2, 0.25) is 5.91 Å². The lowest BCUT2D eigenvalue weighted by atomic mass is 9.92. The van der Waals surface area contributed by atoms with Gasteiger partial charge in [-0.2, -0.15) is 0 Å². The van der Waals surface area contributed by atoms with Crippen LogP contribution >= 0.6 is 0 Å². The van der Waals surface area contributed by atoms with Gasteiger partial charge in [0.05, 0.1) is 0 Å². The highest BCUT2D eigenvalue weighted by Crippen LogP contribution is 2.54. The molecule has 0 aromatic heterocycles. The predicted molar refractivity (Wildman–Crippen MR) is 85.1 cm³/mol. The number of nitrogens with one attached hydrogen (secondary N) is 1. The zero-order chi connectivity index (χ0) is 16.4. The van der Waals surface area contributed by atoms with Gasteiger partial charge in [0.15, 0.2) is 0 Å². The number of hydrogen-bond acceptors (Lipinski definition) is 2. The molecule has 1 amide bonds. The number of carbonyl (C=O) groups excluding carboxylic acids is 1. The molecule has 1 saturated carbocycles. The van der Waals surface area contributed by atoms with Crippen LogP contribution in [0.3, 0.4) is 0 Å². The Morgan fingerprint density at radius 2 is 2.04 bits per heavy atom. The van der Waals surface area contributed by atoms with Crippen molar-refractivity contribution in [1.29, 1.82) is 0 Å². The lowest BCUT2D eigenvalue weighted by Crippen LogP contribution is -2.35. The number of benzene rings is 1. The minimum absolute atomic E-state index is 0.0119. The molecule has 1 aliphatic heterocycles. The lowest BCUT2D eigenvalue weighted by molar-refractivity contribution is -0.121. The first kappa shape index (κ1) is 16.4. The van der Waals surface area contributed by atoms with E-state index in [4.69, 9.17) is 0 Å². The smallest absolute Gasteiger partial charge is 0.221 e. The quantitative estimate of drug-likeness (QED) is 0.873. The molecule has 1 heterocycles. The molecule has 3 nitrogen and oxygen atoms in total. The topological polar surface area (TPSA) is 32.3 Å². The third-order valence-electron chi connectivity index (χ3n) is 5.38. The fraction of sp³-hybridized carbons (Fsp3) is 0.611. The monoisotopic (exact) mass is 322 g/mol. The van der Waals surface area contributed by atoms with E-state index in [0.717, 1.165) is 32.1 Å². The average molecular weight is 322 g/mol. The van der Waals surface area contributed by atoms with Crippen LogP contribution in [0, 0.1) is 17.6 Å². The minimum atomic E-state index is -0.565. The van der Waals surface area contributed by atoms with E-state index in [1.165, 1.54) is 25.0 Å². The Morgan fingerprint density at radius 1 is 1.35 bits per heavy atom. The van der Waals surface area contributed by atoms with Gasteiger partial charge in [-0.3, -0.25) is 4.79 Å². The first-order valence-corrected chi connectivity index (χ1v) is 8.46. The van der Waals surface area contributed by atoms with Gasteiger partial charge in [0.25, 0.3) is 0 Å². The van der Waals surface area contributed by atoms with Gasteiger partial charge in [0.1, 0.15) is 11.6 Å². The number of rotatable bonds is 6. The first-order chi connectivity index (χ1) is 11.0. The summed E-state index contributed by atoms with van der Waals surface area (Å²) in [6, 6.07) is 3.74. The summed E-state index contributed by atoms with van der Waals surface area (Å²) in [7, 11) is 0. The molecule has 126 valence electrons. The molecule has 5 heteroatoms. The molecule has 2 aliphatic rings. The zero-order valence-corrected chi connectivity index (χ0v) is 13.6. The van der Waals surface area contributed by atoms with Gasteiger partial charge in [-0.25, -0.2) is 8.78 Å². The molecule has 3 rings (SSSR count). The Labute approximate surface area is 136 Å². The minimum Gasteiger partial charge on any atom is -0.355 e. The number of halogens is 2. The second kappa shape index (κ2) is 6.56. The van der Waals surface area contributed by atoms with E-state index >= 15 is 0 Å². The Morgan fingerprint density at radius 3 is 2.65 bits per heavy atom. The molecule has 0 bridgehead atoms. The summed E-state index contributed by atoms with van der Waals surface area (Å²) in [5, 5.41) is 2.95. The van der Waals surface area contributed by atoms with Crippen LogP contribution < -0.4 is 5.32 Å². The van der Waals surface area contributed by atoms with E-state index in [-0.39, 0.29) is 11.3 Å². The van der Waals surface area contributed by atoms with E-state index < -0.39 is 11.6 Å². The van der Waals surface area contributed by atoms with Crippen molar-refractivity contribution in [2.75, 3.05) is 26.2 Å². The van der Waals surface area contributed by atoms with Crippen molar-refractivity contribution in [2.45, 2.75) is 38.0 Å². The summed E-state index contributed by atoms with van der Waals surface area (Å²) in [4.78, 5) is 14.4. The van der Waals surface area contributed by atoms with E-state index in [1.807, 2.05) is 6.92 Å². The summed E-state index contributed by atoms with van der Waals surface area (Å²) in [6.45, 7) is 5.41. The maximum absolute atomic E-state index is 14.1. The first-order valence-electron chi connectivity index (χ1n) is 8.46. The molecule has 2 atom stereocenters. The third-order valence-corrected chi connectivity index (χ3v) is 5.38. The van der Waals surface area contributed by atoms with Crippen molar-refractivity contribution in [3.8, 4) is 0 Å². The van der Waals surface area contributed by atoms with Crippen molar-refractivity contribution in [1.82, 2.24) is 10.2 Å². The van der Waals surface area contributed by atoms with Crippen LogP contribution in [0.1, 0.15) is 38.2 Å². The van der Waals surface area contributed by atoms with Gasteiger partial charge in [-0.05, 0) is 49.9 Å². The van der Waals surface area contributed by atoms with Crippen LogP contribution in [0.4, 0.5) is 8.78 Å². The van der Waals surface area contributed by atoms with Gasteiger partial charge in [-0.15, -0.1) is 0 Å². The highest BCUT2D eigenvalue weighted by Gasteiger charge is 2.53. The Bertz CT molecular complexity index is 586. The SMILES string of the molecule is CC1CC1(CNC(=O)CCN1CCCC1)c1ccc(F)cc1F. The van der Waals surface area contributed by atoms with Gasteiger partial charge in [0, 0.05) is 31.0 Å². The van der Waals surface area contributed by atoms with Gasteiger partial charge in [-0.1, -0.05) is 13.0 Å². The zero-order valence-electron chi connectivity index (χ0n) is 13.6. The van der Waals surface area contributed by atoms with Crippen LogP contribution in [0.15, 0.2) is 18.2 Å². The number of amides is 1. The van der Waals surface area contributed by atoms with Gasteiger partial charge >= 0.3 is 0 Å². The molecular formula is C18H24F2N2O. The summed E-state index contributed by atoms with van der Waals surface area (Å²) in [5.41, 5.74) is 0.146. The van der Waals surface area contributed by atoms with Crippen molar-refractivity contribution in [2.24, 2.45) is 5.92 Å². The summed E-state index contributed by atoms with van der Waals surface area (Å²) in [5.74, 6) is -0.774. The van der Waals surface area contributed by atoms with Crippen molar-refractivity contribution in [3.63, 3.8) is 0 Å². The molecule has 2 fully saturated rings. The van der Waals surface area contributed by atoms with Gasteiger partial charge < -0.3 is 10.2 Å². The Hall–Kier alpha value is -1.49. The standard InChI is InChI=1S/C18H24F2N2O/c1-13-11-18(13,15-5-4-14(19)10-16(15)20)12-21-17(23)6-9-22-7-2-3-8-22/h4-5,10,13H,2-3,6-9,11-12H2,1H3,(H,21,23). The molecule has 1 N–H and O–H groups in total. The van der Waals surface area contributed by atoms with Crippen molar-refractivity contribution >= 4 is 5.91 Å². The summed E-state index contributed by atoms with van der Waals surface area (Å²) < 4.78 is 27.2. The normalized spacial score (nSPS) is 27.2.